The molecule has 1 heterocycles. The highest BCUT2D eigenvalue weighted by Gasteiger charge is 2.27. The molecule has 1 aliphatic carbocycles. The first-order valence-electron chi connectivity index (χ1n) is 4.93. The molecular weight excluding hydrogens is 223 g/mol. The van der Waals surface area contributed by atoms with Crippen LogP contribution in [0.15, 0.2) is 0 Å². The molecule has 2 rings (SSSR count). The van der Waals surface area contributed by atoms with Crippen LogP contribution in [0.2, 0.25) is 0 Å². The number of nitrogens with two attached hydrogens (primary N) is 1. The van der Waals surface area contributed by atoms with Crippen molar-refractivity contribution in [3.05, 3.63) is 0 Å². The maximum absolute atomic E-state index is 5.87. The van der Waals surface area contributed by atoms with Crippen molar-refractivity contribution in [1.29, 1.82) is 0 Å². The molecule has 0 amide bonds. The number of morpholine rings is 1. The average molecular weight is 243 g/mol. The SMILES string of the molecule is Cl.Cl.NC1CCC(N2CCOCC2)C1. The van der Waals surface area contributed by atoms with Gasteiger partial charge in [0.05, 0.1) is 13.2 Å². The average Bonchev–Trinajstić information content (AvgIpc) is 2.54. The van der Waals surface area contributed by atoms with Crippen molar-refractivity contribution >= 4 is 24.8 Å². The van der Waals surface area contributed by atoms with Crippen LogP contribution in [0, 0.1) is 0 Å². The smallest absolute Gasteiger partial charge is 0.0594 e. The Hall–Kier alpha value is 0.460. The molecule has 2 aliphatic rings. The van der Waals surface area contributed by atoms with Crippen LogP contribution >= 0.6 is 24.8 Å². The molecule has 0 radical (unpaired) electrons. The Balaban J connectivity index is 0.000000845. The summed E-state index contributed by atoms with van der Waals surface area (Å²) in [5, 5.41) is 0. The van der Waals surface area contributed by atoms with Crippen molar-refractivity contribution in [3.63, 3.8) is 0 Å². The van der Waals surface area contributed by atoms with Crippen molar-refractivity contribution in [3.8, 4) is 0 Å². The van der Waals surface area contributed by atoms with Crippen molar-refractivity contribution in [2.24, 2.45) is 5.73 Å². The van der Waals surface area contributed by atoms with Gasteiger partial charge in [0.1, 0.15) is 0 Å². The van der Waals surface area contributed by atoms with Crippen LogP contribution in [-0.4, -0.2) is 43.3 Å². The summed E-state index contributed by atoms with van der Waals surface area (Å²) in [6.45, 7) is 4.03. The van der Waals surface area contributed by atoms with Crippen LogP contribution in [0.1, 0.15) is 19.3 Å². The van der Waals surface area contributed by atoms with Crippen molar-refractivity contribution < 1.29 is 4.74 Å². The number of ether oxygens (including phenoxy) is 1. The second kappa shape index (κ2) is 6.85. The summed E-state index contributed by atoms with van der Waals surface area (Å²) >= 11 is 0. The highest BCUT2D eigenvalue weighted by Crippen LogP contribution is 2.23. The van der Waals surface area contributed by atoms with E-state index in [0.717, 1.165) is 32.3 Å². The van der Waals surface area contributed by atoms with Gasteiger partial charge in [-0.3, -0.25) is 4.90 Å². The van der Waals surface area contributed by atoms with Crippen LogP contribution < -0.4 is 5.73 Å². The van der Waals surface area contributed by atoms with Gasteiger partial charge in [-0.2, -0.15) is 0 Å². The molecular formula is C9H20Cl2N2O. The van der Waals surface area contributed by atoms with Gasteiger partial charge in [-0.1, -0.05) is 0 Å². The minimum atomic E-state index is 0. The van der Waals surface area contributed by atoms with Crippen LogP contribution in [-0.2, 0) is 4.74 Å². The third kappa shape index (κ3) is 3.55. The number of rotatable bonds is 1. The molecule has 1 aliphatic heterocycles. The summed E-state index contributed by atoms with van der Waals surface area (Å²) < 4.78 is 5.31. The standard InChI is InChI=1S/C9H18N2O.2ClH/c10-8-1-2-9(7-8)11-3-5-12-6-4-11;;/h8-9H,1-7,10H2;2*1H. The molecule has 1 saturated carbocycles. The van der Waals surface area contributed by atoms with Gasteiger partial charge in [0, 0.05) is 25.2 Å². The summed E-state index contributed by atoms with van der Waals surface area (Å²) in [4.78, 5) is 2.54. The highest BCUT2D eigenvalue weighted by molar-refractivity contribution is 5.85. The zero-order valence-corrected chi connectivity index (χ0v) is 9.99. The molecule has 1 saturated heterocycles. The lowest BCUT2D eigenvalue weighted by Crippen LogP contribution is -2.42. The lowest BCUT2D eigenvalue weighted by atomic mass is 10.2. The quantitative estimate of drug-likeness (QED) is 0.748. The summed E-state index contributed by atoms with van der Waals surface area (Å²) in [6.07, 6.45) is 3.70. The molecule has 14 heavy (non-hydrogen) atoms. The summed E-state index contributed by atoms with van der Waals surface area (Å²) in [7, 11) is 0. The van der Waals surface area contributed by atoms with Crippen LogP contribution in [0.4, 0.5) is 0 Å². The van der Waals surface area contributed by atoms with Crippen molar-refractivity contribution in [1.82, 2.24) is 4.90 Å². The topological polar surface area (TPSA) is 38.5 Å². The Labute approximate surface area is 98.2 Å². The molecule has 2 N–H and O–H groups in total. The first kappa shape index (κ1) is 14.5. The fraction of sp³-hybridized carbons (Fsp3) is 1.00. The van der Waals surface area contributed by atoms with Crippen LogP contribution in [0.25, 0.3) is 0 Å². The zero-order valence-electron chi connectivity index (χ0n) is 8.35. The lowest BCUT2D eigenvalue weighted by Gasteiger charge is -2.32. The monoisotopic (exact) mass is 242 g/mol. The Morgan fingerprint density at radius 2 is 1.71 bits per heavy atom. The van der Waals surface area contributed by atoms with E-state index in [0.29, 0.717) is 6.04 Å². The maximum atomic E-state index is 5.87. The maximum Gasteiger partial charge on any atom is 0.0594 e. The minimum absolute atomic E-state index is 0. The fourth-order valence-electron chi connectivity index (χ4n) is 2.27. The van der Waals surface area contributed by atoms with E-state index in [1.54, 1.807) is 0 Å². The normalized spacial score (nSPS) is 33.2. The van der Waals surface area contributed by atoms with Crippen molar-refractivity contribution in [2.45, 2.75) is 31.3 Å². The third-order valence-electron chi connectivity index (χ3n) is 3.01. The molecule has 5 heteroatoms. The molecule has 0 spiro atoms. The molecule has 0 bridgehead atoms. The van der Waals surface area contributed by atoms with Crippen molar-refractivity contribution in [2.75, 3.05) is 26.3 Å². The first-order valence-corrected chi connectivity index (χ1v) is 4.93. The molecule has 2 unspecified atom stereocenters. The van der Waals surface area contributed by atoms with Gasteiger partial charge in [-0.25, -0.2) is 0 Å². The predicted molar refractivity (Wildman–Crippen MR) is 62.5 cm³/mol. The van der Waals surface area contributed by atoms with Gasteiger partial charge in [0.2, 0.25) is 0 Å². The fourth-order valence-corrected chi connectivity index (χ4v) is 2.27. The summed E-state index contributed by atoms with van der Waals surface area (Å²) in [6, 6.07) is 1.21. The first-order chi connectivity index (χ1) is 5.86. The second-order valence-corrected chi connectivity index (χ2v) is 3.88. The number of halogens is 2. The zero-order chi connectivity index (χ0) is 8.39. The third-order valence-corrected chi connectivity index (χ3v) is 3.01. The van der Waals surface area contributed by atoms with E-state index in [9.17, 15) is 0 Å². The van der Waals surface area contributed by atoms with E-state index in [-0.39, 0.29) is 24.8 Å². The van der Waals surface area contributed by atoms with Crippen LogP contribution in [0.5, 0.6) is 0 Å². The van der Waals surface area contributed by atoms with Gasteiger partial charge in [-0.05, 0) is 19.3 Å². The highest BCUT2D eigenvalue weighted by atomic mass is 35.5. The van der Waals surface area contributed by atoms with Gasteiger partial charge in [-0.15, -0.1) is 24.8 Å². The molecule has 3 nitrogen and oxygen atoms in total. The lowest BCUT2D eigenvalue weighted by molar-refractivity contribution is 0.0178. The van der Waals surface area contributed by atoms with E-state index in [4.69, 9.17) is 10.5 Å². The minimum Gasteiger partial charge on any atom is -0.379 e. The number of hydrogen-bond donors (Lipinski definition) is 1. The Morgan fingerprint density at radius 3 is 2.21 bits per heavy atom. The van der Waals surface area contributed by atoms with E-state index in [1.807, 2.05) is 0 Å². The second-order valence-electron chi connectivity index (χ2n) is 3.88. The number of nitrogens with zero attached hydrogens (tertiary/aromatic N) is 1. The number of hydrogen-bond acceptors (Lipinski definition) is 3. The van der Waals surface area contributed by atoms with E-state index in [2.05, 4.69) is 4.90 Å². The van der Waals surface area contributed by atoms with Gasteiger partial charge in [0.15, 0.2) is 0 Å². The van der Waals surface area contributed by atoms with E-state index in [1.165, 1.54) is 19.3 Å². The molecule has 2 fully saturated rings. The van der Waals surface area contributed by atoms with Gasteiger partial charge < -0.3 is 10.5 Å². The molecule has 0 aromatic carbocycles. The molecule has 0 aromatic rings. The predicted octanol–water partition coefficient (Wildman–Crippen LogP) is 1.04. The van der Waals surface area contributed by atoms with Gasteiger partial charge >= 0.3 is 0 Å². The Morgan fingerprint density at radius 1 is 1.07 bits per heavy atom. The largest absolute Gasteiger partial charge is 0.379 e. The Kier molecular flexibility index (Phi) is 7.08. The molecule has 2 atom stereocenters. The van der Waals surface area contributed by atoms with E-state index >= 15 is 0 Å². The van der Waals surface area contributed by atoms with Gasteiger partial charge in [0.25, 0.3) is 0 Å². The molecule has 0 aromatic heterocycles. The molecule has 86 valence electrons. The van der Waals surface area contributed by atoms with E-state index < -0.39 is 0 Å². The van der Waals surface area contributed by atoms with Crippen LogP contribution in [0.3, 0.4) is 0 Å². The Bertz CT molecular complexity index is 151. The summed E-state index contributed by atoms with van der Waals surface area (Å²) in [5.74, 6) is 0. The summed E-state index contributed by atoms with van der Waals surface area (Å²) in [5.41, 5.74) is 5.87.